The Morgan fingerprint density at radius 3 is 2.42 bits per heavy atom. The lowest BCUT2D eigenvalue weighted by molar-refractivity contribution is -0.145. The number of methoxy groups -OCH3 is 1. The number of nitrogens with zero attached hydrogens (tertiary/aromatic N) is 1. The molecule has 2 rings (SSSR count). The highest BCUT2D eigenvalue weighted by atomic mass is 16.6. The number of ether oxygens (including phenoxy) is 2. The number of carbonyl (C=O) groups is 4. The van der Waals surface area contributed by atoms with Crippen LogP contribution in [0.3, 0.4) is 0 Å². The molecule has 1 saturated carbocycles. The monoisotopic (exact) mass is 501 g/mol. The van der Waals surface area contributed by atoms with Crippen LogP contribution in [0.2, 0.25) is 0 Å². The molecule has 0 bridgehead atoms. The van der Waals surface area contributed by atoms with Gasteiger partial charge < -0.3 is 25.0 Å². The van der Waals surface area contributed by atoms with E-state index >= 15 is 0 Å². The van der Waals surface area contributed by atoms with Crippen LogP contribution in [0, 0.1) is 5.92 Å². The van der Waals surface area contributed by atoms with Gasteiger partial charge >= 0.3 is 12.1 Å². The van der Waals surface area contributed by atoms with Crippen molar-refractivity contribution in [2.75, 3.05) is 13.7 Å². The van der Waals surface area contributed by atoms with Gasteiger partial charge in [-0.2, -0.15) is 0 Å². The summed E-state index contributed by atoms with van der Waals surface area (Å²) >= 11 is 0. The number of alkyl carbamates (subject to hydrolysis) is 1. The highest BCUT2D eigenvalue weighted by molar-refractivity contribution is 5.93. The van der Waals surface area contributed by atoms with Crippen LogP contribution in [-0.4, -0.2) is 60.1 Å². The van der Waals surface area contributed by atoms with Gasteiger partial charge in [0.15, 0.2) is 0 Å². The summed E-state index contributed by atoms with van der Waals surface area (Å²) < 4.78 is 10.1. The van der Waals surface area contributed by atoms with Gasteiger partial charge in [-0.3, -0.25) is 14.4 Å². The average Bonchev–Trinajstić information content (AvgIpc) is 3.67. The van der Waals surface area contributed by atoms with E-state index in [1.54, 1.807) is 49.9 Å². The van der Waals surface area contributed by atoms with E-state index < -0.39 is 35.7 Å². The van der Waals surface area contributed by atoms with Crippen LogP contribution in [0.4, 0.5) is 4.79 Å². The molecular weight excluding hydrogens is 462 g/mol. The number of hydrogen-bond donors (Lipinski definition) is 2. The Labute approximate surface area is 213 Å². The highest BCUT2D eigenvalue weighted by Gasteiger charge is 2.45. The predicted octanol–water partition coefficient (Wildman–Crippen LogP) is 3.59. The van der Waals surface area contributed by atoms with Crippen LogP contribution < -0.4 is 10.6 Å². The molecule has 0 aromatic heterocycles. The van der Waals surface area contributed by atoms with Crippen molar-refractivity contribution in [2.24, 2.45) is 5.92 Å². The maximum absolute atomic E-state index is 14.1. The summed E-state index contributed by atoms with van der Waals surface area (Å²) in [4.78, 5) is 53.4. The standard InChI is InChI=1S/C27H39N3O6/c1-8-17(3)22(29-26(34)36-27(4,5)6)25(33)30(20-13-14-20)23(24(32)28-16-21(31)35-7)19-12-10-11-18(9-2)15-19/h9-12,15,17,20,22-23H,2,8,13-14,16H2,1,3-7H3,(H,28,32)(H,29,34). The molecular formula is C27H39N3O6. The smallest absolute Gasteiger partial charge is 0.408 e. The van der Waals surface area contributed by atoms with E-state index in [1.165, 1.54) is 7.11 Å². The molecule has 36 heavy (non-hydrogen) atoms. The largest absolute Gasteiger partial charge is 0.468 e. The van der Waals surface area contributed by atoms with E-state index in [9.17, 15) is 19.2 Å². The molecule has 9 nitrogen and oxygen atoms in total. The first-order chi connectivity index (χ1) is 16.9. The van der Waals surface area contributed by atoms with E-state index in [2.05, 4.69) is 21.9 Å². The van der Waals surface area contributed by atoms with E-state index in [-0.39, 0.29) is 24.4 Å². The molecule has 0 aliphatic heterocycles. The third-order valence-electron chi connectivity index (χ3n) is 5.97. The second-order valence-electron chi connectivity index (χ2n) is 10.1. The SMILES string of the molecule is C=Cc1cccc(C(C(=O)NCC(=O)OC)N(C(=O)C(NC(=O)OC(C)(C)C)C(C)CC)C2CC2)c1. The molecule has 0 spiro atoms. The fourth-order valence-electron chi connectivity index (χ4n) is 3.77. The van der Waals surface area contributed by atoms with Crippen LogP contribution >= 0.6 is 0 Å². The van der Waals surface area contributed by atoms with E-state index in [0.29, 0.717) is 12.0 Å². The minimum atomic E-state index is -1.01. The average molecular weight is 502 g/mol. The Balaban J connectivity index is 2.48. The van der Waals surface area contributed by atoms with E-state index in [1.807, 2.05) is 19.9 Å². The molecule has 1 aliphatic rings. The van der Waals surface area contributed by atoms with E-state index in [4.69, 9.17) is 4.74 Å². The first-order valence-corrected chi connectivity index (χ1v) is 12.3. The van der Waals surface area contributed by atoms with Gasteiger partial charge in [-0.05, 0) is 56.7 Å². The zero-order valence-corrected chi connectivity index (χ0v) is 22.1. The second-order valence-corrected chi connectivity index (χ2v) is 10.1. The van der Waals surface area contributed by atoms with Crippen molar-refractivity contribution >= 4 is 30.0 Å². The molecule has 1 fully saturated rings. The Kier molecular flexibility index (Phi) is 10.1. The molecule has 2 N–H and O–H groups in total. The van der Waals surface area contributed by atoms with Gasteiger partial charge in [0.25, 0.3) is 0 Å². The summed E-state index contributed by atoms with van der Waals surface area (Å²) in [6, 6.07) is 5.09. The minimum absolute atomic E-state index is 0.175. The molecule has 1 aliphatic carbocycles. The summed E-state index contributed by atoms with van der Waals surface area (Å²) in [6.07, 6.45) is 3.04. The van der Waals surface area contributed by atoms with Crippen molar-refractivity contribution in [3.8, 4) is 0 Å². The molecule has 9 heteroatoms. The molecule has 0 radical (unpaired) electrons. The summed E-state index contributed by atoms with van der Waals surface area (Å²) in [5.74, 6) is -1.71. The van der Waals surface area contributed by atoms with Gasteiger partial charge in [0, 0.05) is 6.04 Å². The Morgan fingerprint density at radius 1 is 1.22 bits per heavy atom. The first-order valence-electron chi connectivity index (χ1n) is 12.3. The van der Waals surface area contributed by atoms with Gasteiger partial charge in [0.1, 0.15) is 24.2 Å². The lowest BCUT2D eigenvalue weighted by Crippen LogP contribution is -2.56. The molecule has 3 amide bonds. The molecule has 1 aromatic carbocycles. The van der Waals surface area contributed by atoms with E-state index in [0.717, 1.165) is 18.4 Å². The van der Waals surface area contributed by atoms with Crippen molar-refractivity contribution in [2.45, 2.75) is 77.6 Å². The maximum Gasteiger partial charge on any atom is 0.408 e. The number of nitrogens with one attached hydrogen (secondary N) is 2. The second kappa shape index (κ2) is 12.6. The lowest BCUT2D eigenvalue weighted by atomic mass is 9.95. The number of benzene rings is 1. The Hall–Kier alpha value is -3.36. The Bertz CT molecular complexity index is 967. The molecule has 3 atom stereocenters. The zero-order valence-electron chi connectivity index (χ0n) is 22.1. The summed E-state index contributed by atoms with van der Waals surface area (Å²) in [5, 5.41) is 5.34. The molecule has 0 heterocycles. The normalized spacial score (nSPS) is 15.6. The highest BCUT2D eigenvalue weighted by Crippen LogP contribution is 2.36. The molecule has 0 saturated heterocycles. The van der Waals surface area contributed by atoms with Crippen molar-refractivity contribution in [1.29, 1.82) is 0 Å². The summed E-state index contributed by atoms with van der Waals surface area (Å²) in [7, 11) is 1.23. The van der Waals surface area contributed by atoms with Gasteiger partial charge in [-0.25, -0.2) is 4.79 Å². The van der Waals surface area contributed by atoms with Crippen molar-refractivity contribution in [1.82, 2.24) is 15.5 Å². The van der Waals surface area contributed by atoms with Crippen molar-refractivity contribution in [3.05, 3.63) is 42.0 Å². The van der Waals surface area contributed by atoms with Crippen molar-refractivity contribution < 1.29 is 28.7 Å². The van der Waals surface area contributed by atoms with Crippen molar-refractivity contribution in [3.63, 3.8) is 0 Å². The summed E-state index contributed by atoms with van der Waals surface area (Å²) in [5.41, 5.74) is 0.632. The van der Waals surface area contributed by atoms with Crippen LogP contribution in [-0.2, 0) is 23.9 Å². The van der Waals surface area contributed by atoms with Gasteiger partial charge in [0.2, 0.25) is 11.8 Å². The molecule has 198 valence electrons. The Morgan fingerprint density at radius 2 is 1.89 bits per heavy atom. The third kappa shape index (κ3) is 8.10. The fraction of sp³-hybridized carbons (Fsp3) is 0.556. The predicted molar refractivity (Wildman–Crippen MR) is 137 cm³/mol. The molecule has 1 aromatic rings. The van der Waals surface area contributed by atoms with Gasteiger partial charge in [0.05, 0.1) is 7.11 Å². The fourth-order valence-corrected chi connectivity index (χ4v) is 3.77. The number of esters is 1. The zero-order chi connectivity index (χ0) is 27.0. The van der Waals surface area contributed by atoms with Crippen LogP contribution in [0.5, 0.6) is 0 Å². The maximum atomic E-state index is 14.1. The first kappa shape index (κ1) is 28.9. The third-order valence-corrected chi connectivity index (χ3v) is 5.97. The molecule has 3 unspecified atom stereocenters. The summed E-state index contributed by atoms with van der Waals surface area (Å²) in [6.45, 7) is 12.5. The number of hydrogen-bond acceptors (Lipinski definition) is 6. The lowest BCUT2D eigenvalue weighted by Gasteiger charge is -2.36. The number of carbonyl (C=O) groups excluding carboxylic acids is 4. The van der Waals surface area contributed by atoms with Crippen LogP contribution in [0.1, 0.15) is 71.0 Å². The number of amides is 3. The van der Waals surface area contributed by atoms with Gasteiger partial charge in [-0.1, -0.05) is 51.1 Å². The minimum Gasteiger partial charge on any atom is -0.468 e. The van der Waals surface area contributed by atoms with Crippen LogP contribution in [0.25, 0.3) is 6.08 Å². The number of rotatable bonds is 11. The van der Waals surface area contributed by atoms with Gasteiger partial charge in [-0.15, -0.1) is 0 Å². The topological polar surface area (TPSA) is 114 Å². The van der Waals surface area contributed by atoms with Crippen LogP contribution in [0.15, 0.2) is 30.8 Å². The quantitative estimate of drug-likeness (QED) is 0.448.